The van der Waals surface area contributed by atoms with Gasteiger partial charge in [0, 0.05) is 6.07 Å². The van der Waals surface area contributed by atoms with Gasteiger partial charge in [0.15, 0.2) is 5.69 Å². The number of carboxylic acids is 1. The van der Waals surface area contributed by atoms with E-state index in [1.165, 1.54) is 12.3 Å². The zero-order valence-corrected chi connectivity index (χ0v) is 10.2. The molecule has 0 radical (unpaired) electrons. The molecule has 5 nitrogen and oxygen atoms in total. The minimum absolute atomic E-state index is 0.128. The summed E-state index contributed by atoms with van der Waals surface area (Å²) in [6.45, 7) is 0. The van der Waals surface area contributed by atoms with Crippen molar-refractivity contribution in [3.8, 4) is 11.8 Å². The minimum Gasteiger partial charge on any atom is -0.489 e. The van der Waals surface area contributed by atoms with Gasteiger partial charge in [-0.15, -0.1) is 0 Å². The van der Waals surface area contributed by atoms with Gasteiger partial charge in [-0.05, 0) is 19.3 Å². The van der Waals surface area contributed by atoms with Crippen molar-refractivity contribution in [2.75, 3.05) is 0 Å². The van der Waals surface area contributed by atoms with Gasteiger partial charge in [-0.1, -0.05) is 11.6 Å². The Kier molecular flexibility index (Phi) is 3.68. The Balaban J connectivity index is 2.01. The molecule has 1 heterocycles. The first-order chi connectivity index (χ1) is 8.60. The number of ether oxygens (including phenoxy) is 1. The van der Waals surface area contributed by atoms with E-state index in [1.807, 2.05) is 6.07 Å². The Morgan fingerprint density at radius 3 is 2.94 bits per heavy atom. The van der Waals surface area contributed by atoms with E-state index < -0.39 is 5.97 Å². The van der Waals surface area contributed by atoms with Crippen molar-refractivity contribution in [2.24, 2.45) is 5.92 Å². The van der Waals surface area contributed by atoms with Crippen molar-refractivity contribution in [3.63, 3.8) is 0 Å². The Morgan fingerprint density at radius 1 is 1.61 bits per heavy atom. The first kappa shape index (κ1) is 12.7. The Hall–Kier alpha value is -1.80. The molecule has 1 unspecified atom stereocenters. The number of aliphatic carboxylic acids is 1. The van der Waals surface area contributed by atoms with Gasteiger partial charge in [0.05, 0.1) is 23.2 Å². The van der Waals surface area contributed by atoms with E-state index >= 15 is 0 Å². The fourth-order valence-electron chi connectivity index (χ4n) is 2.03. The molecule has 6 heteroatoms. The molecule has 0 saturated heterocycles. The first-order valence-corrected chi connectivity index (χ1v) is 5.93. The number of carbonyl (C=O) groups is 1. The molecule has 94 valence electrons. The van der Waals surface area contributed by atoms with E-state index in [2.05, 4.69) is 4.98 Å². The van der Waals surface area contributed by atoms with Crippen LogP contribution >= 0.6 is 11.6 Å². The van der Waals surface area contributed by atoms with E-state index in [-0.39, 0.29) is 22.7 Å². The van der Waals surface area contributed by atoms with E-state index in [9.17, 15) is 4.79 Å². The third-order valence-corrected chi connectivity index (χ3v) is 3.25. The van der Waals surface area contributed by atoms with Crippen LogP contribution in [0, 0.1) is 17.2 Å². The van der Waals surface area contributed by atoms with Crippen LogP contribution < -0.4 is 4.74 Å². The monoisotopic (exact) mass is 266 g/mol. The Labute approximate surface area is 109 Å². The molecule has 2 rings (SSSR count). The number of pyridine rings is 1. The SMILES string of the molecule is N#Cc1ncc(O[C@@H]2CCC(C(=O)O)C2)cc1Cl. The lowest BCUT2D eigenvalue weighted by Gasteiger charge is -2.13. The van der Waals surface area contributed by atoms with Crippen LogP contribution in [0.3, 0.4) is 0 Å². The topological polar surface area (TPSA) is 83.2 Å². The largest absolute Gasteiger partial charge is 0.489 e. The molecular weight excluding hydrogens is 256 g/mol. The second-order valence-corrected chi connectivity index (χ2v) is 4.61. The average molecular weight is 267 g/mol. The molecule has 0 aromatic carbocycles. The quantitative estimate of drug-likeness (QED) is 0.907. The summed E-state index contributed by atoms with van der Waals surface area (Å²) in [4.78, 5) is 14.7. The van der Waals surface area contributed by atoms with Crippen LogP contribution in [0.4, 0.5) is 0 Å². The van der Waals surface area contributed by atoms with Crippen LogP contribution in [0.2, 0.25) is 5.02 Å². The third kappa shape index (κ3) is 2.71. The fourth-order valence-corrected chi connectivity index (χ4v) is 2.23. The van der Waals surface area contributed by atoms with Gasteiger partial charge in [0.1, 0.15) is 11.8 Å². The van der Waals surface area contributed by atoms with E-state index in [4.69, 9.17) is 26.7 Å². The summed E-state index contributed by atoms with van der Waals surface area (Å²) in [5, 5.41) is 17.8. The van der Waals surface area contributed by atoms with Crippen LogP contribution in [0.15, 0.2) is 12.3 Å². The molecule has 1 N–H and O–H groups in total. The first-order valence-electron chi connectivity index (χ1n) is 5.55. The van der Waals surface area contributed by atoms with Crippen LogP contribution in [0.1, 0.15) is 25.0 Å². The Morgan fingerprint density at radius 2 is 2.39 bits per heavy atom. The van der Waals surface area contributed by atoms with Crippen molar-refractivity contribution in [3.05, 3.63) is 23.0 Å². The maximum Gasteiger partial charge on any atom is 0.306 e. The Bertz CT molecular complexity index is 513. The van der Waals surface area contributed by atoms with E-state index in [1.54, 1.807) is 0 Å². The van der Waals surface area contributed by atoms with Gasteiger partial charge >= 0.3 is 5.97 Å². The predicted molar refractivity (Wildman–Crippen MR) is 63.4 cm³/mol. The highest BCUT2D eigenvalue weighted by Gasteiger charge is 2.31. The third-order valence-electron chi connectivity index (χ3n) is 2.96. The molecule has 0 bridgehead atoms. The number of aromatic nitrogens is 1. The summed E-state index contributed by atoms with van der Waals surface area (Å²) in [5.41, 5.74) is 0.152. The maximum absolute atomic E-state index is 10.8. The molecular formula is C12H11ClN2O3. The molecule has 18 heavy (non-hydrogen) atoms. The number of carboxylic acid groups (broad SMARTS) is 1. The number of hydrogen-bond acceptors (Lipinski definition) is 4. The molecule has 1 fully saturated rings. The zero-order chi connectivity index (χ0) is 13.1. The van der Waals surface area contributed by atoms with Crippen LogP contribution in [-0.4, -0.2) is 22.2 Å². The smallest absolute Gasteiger partial charge is 0.306 e. The highest BCUT2D eigenvalue weighted by Crippen LogP contribution is 2.30. The summed E-state index contributed by atoms with van der Waals surface area (Å²) in [6.07, 6.45) is 3.12. The molecule has 1 aliphatic rings. The summed E-state index contributed by atoms with van der Waals surface area (Å²) in [5.74, 6) is -0.649. The van der Waals surface area contributed by atoms with E-state index in [0.29, 0.717) is 25.0 Å². The van der Waals surface area contributed by atoms with Crippen molar-refractivity contribution >= 4 is 17.6 Å². The molecule has 0 amide bonds. The summed E-state index contributed by atoms with van der Waals surface area (Å²) in [7, 11) is 0. The lowest BCUT2D eigenvalue weighted by molar-refractivity contribution is -0.141. The van der Waals surface area contributed by atoms with Crippen molar-refractivity contribution in [2.45, 2.75) is 25.4 Å². The number of hydrogen-bond donors (Lipinski definition) is 1. The predicted octanol–water partition coefficient (Wildman–Crippen LogP) is 2.24. The molecule has 1 saturated carbocycles. The molecule has 0 aliphatic heterocycles. The number of nitrogens with zero attached hydrogens (tertiary/aromatic N) is 2. The lowest BCUT2D eigenvalue weighted by atomic mass is 10.1. The van der Waals surface area contributed by atoms with Gasteiger partial charge in [-0.25, -0.2) is 4.98 Å². The molecule has 1 aromatic rings. The normalized spacial score (nSPS) is 22.4. The van der Waals surface area contributed by atoms with Gasteiger partial charge in [-0.2, -0.15) is 5.26 Å². The maximum atomic E-state index is 10.8. The summed E-state index contributed by atoms with van der Waals surface area (Å²) >= 11 is 5.83. The van der Waals surface area contributed by atoms with Gasteiger partial charge < -0.3 is 9.84 Å². The molecule has 0 spiro atoms. The summed E-state index contributed by atoms with van der Waals surface area (Å²) < 4.78 is 5.62. The van der Waals surface area contributed by atoms with E-state index in [0.717, 1.165) is 0 Å². The van der Waals surface area contributed by atoms with Crippen molar-refractivity contribution < 1.29 is 14.6 Å². The van der Waals surface area contributed by atoms with Gasteiger partial charge in [0.25, 0.3) is 0 Å². The standard InChI is InChI=1S/C12H11ClN2O3/c13-10-4-9(6-15-11(10)5-14)18-8-2-1-7(3-8)12(16)17/h4,6-8H,1-3H2,(H,16,17)/t7?,8-/m1/s1. The second kappa shape index (κ2) is 5.23. The highest BCUT2D eigenvalue weighted by molar-refractivity contribution is 6.31. The van der Waals surface area contributed by atoms with Gasteiger partial charge in [0.2, 0.25) is 0 Å². The molecule has 2 atom stereocenters. The highest BCUT2D eigenvalue weighted by atomic mass is 35.5. The second-order valence-electron chi connectivity index (χ2n) is 4.20. The lowest BCUT2D eigenvalue weighted by Crippen LogP contribution is -2.15. The van der Waals surface area contributed by atoms with Gasteiger partial charge in [-0.3, -0.25) is 4.79 Å². The minimum atomic E-state index is -0.780. The molecule has 1 aromatic heterocycles. The van der Waals surface area contributed by atoms with Crippen molar-refractivity contribution in [1.82, 2.24) is 4.98 Å². The number of nitriles is 1. The zero-order valence-electron chi connectivity index (χ0n) is 9.47. The number of halogens is 1. The number of rotatable bonds is 3. The van der Waals surface area contributed by atoms with Crippen molar-refractivity contribution in [1.29, 1.82) is 5.26 Å². The molecule has 1 aliphatic carbocycles. The fraction of sp³-hybridized carbons (Fsp3) is 0.417. The summed E-state index contributed by atoms with van der Waals surface area (Å²) in [6, 6.07) is 3.39. The van der Waals surface area contributed by atoms with Crippen LogP contribution in [0.25, 0.3) is 0 Å². The van der Waals surface area contributed by atoms with Crippen LogP contribution in [-0.2, 0) is 4.79 Å². The average Bonchev–Trinajstić information content (AvgIpc) is 2.78. The van der Waals surface area contributed by atoms with Crippen LogP contribution in [0.5, 0.6) is 5.75 Å².